The van der Waals surface area contributed by atoms with Gasteiger partial charge in [0.05, 0.1) is 16.9 Å². The van der Waals surface area contributed by atoms with E-state index in [0.29, 0.717) is 6.07 Å². The zero-order valence-electron chi connectivity index (χ0n) is 14.3. The summed E-state index contributed by atoms with van der Waals surface area (Å²) in [5.74, 6) is -3.00. The van der Waals surface area contributed by atoms with Gasteiger partial charge in [0.25, 0.3) is 0 Å². The van der Waals surface area contributed by atoms with E-state index in [1.54, 1.807) is 18.3 Å². The van der Waals surface area contributed by atoms with E-state index in [9.17, 15) is 18.4 Å². The molecule has 136 valence electrons. The minimum atomic E-state index is -0.949. The summed E-state index contributed by atoms with van der Waals surface area (Å²) in [5, 5.41) is 5.48. The predicted molar refractivity (Wildman–Crippen MR) is 100 cm³/mol. The van der Waals surface area contributed by atoms with Crippen LogP contribution in [0.4, 0.5) is 20.2 Å². The van der Waals surface area contributed by atoms with E-state index in [1.165, 1.54) is 13.0 Å². The van der Waals surface area contributed by atoms with Crippen molar-refractivity contribution in [1.82, 2.24) is 4.98 Å². The molecule has 0 bridgehead atoms. The van der Waals surface area contributed by atoms with Crippen molar-refractivity contribution in [1.29, 1.82) is 0 Å². The first-order chi connectivity index (χ1) is 12.9. The first-order valence-corrected chi connectivity index (χ1v) is 8.03. The smallest absolute Gasteiger partial charge is 0.248 e. The molecular formula is C20H15F2N3O2. The van der Waals surface area contributed by atoms with Gasteiger partial charge >= 0.3 is 0 Å². The predicted octanol–water partition coefficient (Wildman–Crippen LogP) is 4.12. The minimum Gasteiger partial charge on any atom is -0.324 e. The molecular weight excluding hydrogens is 352 g/mol. The number of carbonyl (C=O) groups is 2. The molecule has 0 atom stereocenters. The highest BCUT2D eigenvalue weighted by atomic mass is 19.1. The summed E-state index contributed by atoms with van der Waals surface area (Å²) in [6.07, 6.45) is 4.43. The van der Waals surface area contributed by atoms with E-state index in [-0.39, 0.29) is 11.4 Å². The van der Waals surface area contributed by atoms with Crippen molar-refractivity contribution >= 4 is 40.2 Å². The highest BCUT2D eigenvalue weighted by Crippen LogP contribution is 2.24. The van der Waals surface area contributed by atoms with Gasteiger partial charge in [0.2, 0.25) is 11.8 Å². The summed E-state index contributed by atoms with van der Waals surface area (Å²) in [7, 11) is 0. The number of carbonyl (C=O) groups excluding carboxylic acids is 2. The third-order valence-corrected chi connectivity index (χ3v) is 3.70. The van der Waals surface area contributed by atoms with Gasteiger partial charge in [-0.2, -0.15) is 0 Å². The van der Waals surface area contributed by atoms with Crippen molar-refractivity contribution in [2.24, 2.45) is 0 Å². The Kier molecular flexibility index (Phi) is 5.21. The van der Waals surface area contributed by atoms with Crippen LogP contribution in [0.5, 0.6) is 0 Å². The standard InChI is InChI=1S/C20H15F2N3O2/c1-12(26)24-17-11-18(16(22)10-15(17)21)25-19(27)8-7-14-5-2-4-13-6-3-9-23-20(13)14/h2-11H,1H3,(H,24,26)(H,25,27)/b8-7+. The SMILES string of the molecule is CC(=O)Nc1cc(NC(=O)/C=C/c2cccc3cccnc23)c(F)cc1F. The fraction of sp³-hybridized carbons (Fsp3) is 0.0500. The number of amides is 2. The lowest BCUT2D eigenvalue weighted by Gasteiger charge is -2.09. The fourth-order valence-corrected chi connectivity index (χ4v) is 2.53. The van der Waals surface area contributed by atoms with Crippen LogP contribution in [0.15, 0.2) is 54.7 Å². The molecule has 0 fully saturated rings. The molecule has 2 aromatic carbocycles. The fourth-order valence-electron chi connectivity index (χ4n) is 2.53. The Hall–Kier alpha value is -3.61. The second-order valence-corrected chi connectivity index (χ2v) is 5.74. The molecule has 0 aliphatic carbocycles. The molecule has 7 heteroatoms. The topological polar surface area (TPSA) is 71.1 Å². The van der Waals surface area contributed by atoms with Crippen LogP contribution >= 0.6 is 0 Å². The number of aromatic nitrogens is 1. The molecule has 3 rings (SSSR count). The zero-order chi connectivity index (χ0) is 19.4. The molecule has 1 aromatic heterocycles. The third kappa shape index (κ3) is 4.33. The van der Waals surface area contributed by atoms with Crippen LogP contribution in [-0.2, 0) is 9.59 Å². The Morgan fingerprint density at radius 2 is 1.70 bits per heavy atom. The number of hydrogen-bond donors (Lipinski definition) is 2. The van der Waals surface area contributed by atoms with E-state index < -0.39 is 23.4 Å². The Morgan fingerprint density at radius 3 is 2.44 bits per heavy atom. The summed E-state index contributed by atoms with van der Waals surface area (Å²) in [6, 6.07) is 10.9. The second kappa shape index (κ2) is 7.74. The van der Waals surface area contributed by atoms with E-state index in [4.69, 9.17) is 0 Å². The molecule has 3 aromatic rings. The van der Waals surface area contributed by atoms with Gasteiger partial charge in [-0.15, -0.1) is 0 Å². The number of halogens is 2. The van der Waals surface area contributed by atoms with Gasteiger partial charge in [0.1, 0.15) is 11.6 Å². The summed E-state index contributed by atoms with van der Waals surface area (Å²) in [4.78, 5) is 27.5. The van der Waals surface area contributed by atoms with Gasteiger partial charge in [-0.05, 0) is 18.2 Å². The number of fused-ring (bicyclic) bond motifs is 1. The van der Waals surface area contributed by atoms with Crippen LogP contribution in [0.2, 0.25) is 0 Å². The van der Waals surface area contributed by atoms with Crippen molar-refractivity contribution in [2.75, 3.05) is 10.6 Å². The average Bonchev–Trinajstić information content (AvgIpc) is 2.63. The third-order valence-electron chi connectivity index (χ3n) is 3.70. The van der Waals surface area contributed by atoms with Crippen molar-refractivity contribution in [2.45, 2.75) is 6.92 Å². The summed E-state index contributed by atoms with van der Waals surface area (Å²) < 4.78 is 27.6. The van der Waals surface area contributed by atoms with Crippen LogP contribution < -0.4 is 10.6 Å². The molecule has 27 heavy (non-hydrogen) atoms. The maximum atomic E-state index is 13.9. The van der Waals surface area contributed by atoms with Crippen molar-refractivity contribution < 1.29 is 18.4 Å². The van der Waals surface area contributed by atoms with Crippen LogP contribution in [0.3, 0.4) is 0 Å². The van der Waals surface area contributed by atoms with Crippen molar-refractivity contribution in [3.63, 3.8) is 0 Å². The molecule has 0 unspecified atom stereocenters. The van der Waals surface area contributed by atoms with Gasteiger partial charge in [0.15, 0.2) is 0 Å². The van der Waals surface area contributed by atoms with E-state index in [1.807, 2.05) is 24.3 Å². The first-order valence-electron chi connectivity index (χ1n) is 8.03. The zero-order valence-corrected chi connectivity index (χ0v) is 14.3. The number of pyridine rings is 1. The Labute approximate surface area is 153 Å². The van der Waals surface area contributed by atoms with Crippen LogP contribution in [0.1, 0.15) is 12.5 Å². The first kappa shape index (κ1) is 18.2. The lowest BCUT2D eigenvalue weighted by Crippen LogP contribution is -2.12. The van der Waals surface area contributed by atoms with E-state index in [2.05, 4.69) is 15.6 Å². The molecule has 0 aliphatic heterocycles. The number of hydrogen-bond acceptors (Lipinski definition) is 3. The van der Waals surface area contributed by atoms with Crippen molar-refractivity contribution in [3.8, 4) is 0 Å². The van der Waals surface area contributed by atoms with Gasteiger partial charge in [0, 0.05) is 36.2 Å². The maximum absolute atomic E-state index is 13.9. The van der Waals surface area contributed by atoms with E-state index in [0.717, 1.165) is 22.5 Å². The van der Waals surface area contributed by atoms with Crippen LogP contribution in [0, 0.1) is 11.6 Å². The molecule has 0 spiro atoms. The van der Waals surface area contributed by atoms with Gasteiger partial charge < -0.3 is 10.6 Å². The molecule has 2 amide bonds. The summed E-state index contributed by atoms with van der Waals surface area (Å²) >= 11 is 0. The number of anilines is 2. The van der Waals surface area contributed by atoms with Gasteiger partial charge in [-0.25, -0.2) is 8.78 Å². The number of benzene rings is 2. The summed E-state index contributed by atoms with van der Waals surface area (Å²) in [6.45, 7) is 1.20. The van der Waals surface area contributed by atoms with Gasteiger partial charge in [-0.3, -0.25) is 14.6 Å². The Morgan fingerprint density at radius 1 is 1.00 bits per heavy atom. The number of nitrogens with zero attached hydrogens (tertiary/aromatic N) is 1. The molecule has 0 aliphatic rings. The van der Waals surface area contributed by atoms with Gasteiger partial charge in [-0.1, -0.05) is 24.3 Å². The number of para-hydroxylation sites is 1. The van der Waals surface area contributed by atoms with Crippen LogP contribution in [0.25, 0.3) is 17.0 Å². The molecule has 5 nitrogen and oxygen atoms in total. The molecule has 0 saturated heterocycles. The molecule has 2 N–H and O–H groups in total. The second-order valence-electron chi connectivity index (χ2n) is 5.74. The number of nitrogens with one attached hydrogen (secondary N) is 2. The highest BCUT2D eigenvalue weighted by Gasteiger charge is 2.12. The largest absolute Gasteiger partial charge is 0.324 e. The quantitative estimate of drug-likeness (QED) is 0.682. The summed E-state index contributed by atoms with van der Waals surface area (Å²) in [5.41, 5.74) is 0.985. The molecule has 0 saturated carbocycles. The Bertz CT molecular complexity index is 1060. The lowest BCUT2D eigenvalue weighted by atomic mass is 10.1. The van der Waals surface area contributed by atoms with E-state index >= 15 is 0 Å². The Balaban J connectivity index is 1.81. The highest BCUT2D eigenvalue weighted by molar-refractivity contribution is 6.03. The van der Waals surface area contributed by atoms with Crippen LogP contribution in [-0.4, -0.2) is 16.8 Å². The average molecular weight is 367 g/mol. The lowest BCUT2D eigenvalue weighted by molar-refractivity contribution is -0.114. The maximum Gasteiger partial charge on any atom is 0.248 e. The minimum absolute atomic E-state index is 0.221. The normalized spacial score (nSPS) is 10.9. The molecule has 0 radical (unpaired) electrons. The molecule has 1 heterocycles. The number of rotatable bonds is 4. The monoisotopic (exact) mass is 367 g/mol. The van der Waals surface area contributed by atoms with Crippen molar-refractivity contribution in [3.05, 3.63) is 71.9 Å².